The Labute approximate surface area is 171 Å². The summed E-state index contributed by atoms with van der Waals surface area (Å²) in [4.78, 5) is 28.8. The zero-order chi connectivity index (χ0) is 20.6. The summed E-state index contributed by atoms with van der Waals surface area (Å²) >= 11 is 0. The van der Waals surface area contributed by atoms with E-state index in [0.717, 1.165) is 23.0 Å². The molecule has 2 aliphatic heterocycles. The van der Waals surface area contributed by atoms with E-state index in [1.54, 1.807) is 4.90 Å². The molecule has 156 valence electrons. The van der Waals surface area contributed by atoms with E-state index in [1.165, 1.54) is 0 Å². The van der Waals surface area contributed by atoms with Gasteiger partial charge in [0, 0.05) is 55.7 Å². The van der Waals surface area contributed by atoms with Gasteiger partial charge in [0.15, 0.2) is 0 Å². The van der Waals surface area contributed by atoms with Gasteiger partial charge in [-0.1, -0.05) is 18.2 Å². The molecule has 4 rings (SSSR count). The average molecular weight is 399 g/mol. The summed E-state index contributed by atoms with van der Waals surface area (Å²) < 4.78 is 13.0. The van der Waals surface area contributed by atoms with Crippen LogP contribution in [-0.2, 0) is 16.0 Å². The van der Waals surface area contributed by atoms with Crippen molar-refractivity contribution in [2.24, 2.45) is 5.92 Å². The Kier molecular flexibility index (Phi) is 5.25. The van der Waals surface area contributed by atoms with Gasteiger partial charge in [-0.15, -0.1) is 0 Å². The van der Waals surface area contributed by atoms with Crippen LogP contribution in [0.3, 0.4) is 0 Å². The number of rotatable bonds is 3. The number of nitrogens with zero attached hydrogens (tertiary/aromatic N) is 3. The van der Waals surface area contributed by atoms with Gasteiger partial charge in [-0.25, -0.2) is 4.79 Å². The Balaban J connectivity index is 1.46. The minimum atomic E-state index is -0.479. The third-order valence-electron chi connectivity index (χ3n) is 5.38. The van der Waals surface area contributed by atoms with Gasteiger partial charge < -0.3 is 23.8 Å². The molecule has 0 saturated carbocycles. The number of hydrogen-bond acceptors (Lipinski definition) is 4. The first-order valence-corrected chi connectivity index (χ1v) is 10.2. The molecule has 0 spiro atoms. The molecule has 0 atom stereocenters. The summed E-state index contributed by atoms with van der Waals surface area (Å²) in [5, 5.41) is 0.979. The molecular weight excluding hydrogens is 370 g/mol. The van der Waals surface area contributed by atoms with Crippen LogP contribution in [0.25, 0.3) is 10.9 Å². The van der Waals surface area contributed by atoms with E-state index in [2.05, 4.69) is 10.6 Å². The number of ether oxygens (including phenoxy) is 2. The lowest BCUT2D eigenvalue weighted by Crippen LogP contribution is -2.52. The van der Waals surface area contributed by atoms with E-state index in [9.17, 15) is 9.59 Å². The van der Waals surface area contributed by atoms with Crippen molar-refractivity contribution < 1.29 is 19.1 Å². The number of likely N-dealkylation sites (tertiary alicyclic amines) is 1. The number of hydrogen-bond donors (Lipinski definition) is 0. The van der Waals surface area contributed by atoms with Gasteiger partial charge in [-0.3, -0.25) is 4.79 Å². The first kappa shape index (κ1) is 19.8. The number of benzene rings is 1. The predicted molar refractivity (Wildman–Crippen MR) is 110 cm³/mol. The van der Waals surface area contributed by atoms with Crippen molar-refractivity contribution >= 4 is 22.9 Å². The van der Waals surface area contributed by atoms with Crippen molar-refractivity contribution in [2.75, 3.05) is 39.4 Å². The third-order valence-corrected chi connectivity index (χ3v) is 5.38. The Bertz CT molecular complexity index is 902. The van der Waals surface area contributed by atoms with Gasteiger partial charge in [0.1, 0.15) is 5.60 Å². The molecule has 0 unspecified atom stereocenters. The molecule has 2 amide bonds. The smallest absolute Gasteiger partial charge is 0.410 e. The van der Waals surface area contributed by atoms with Crippen LogP contribution in [-0.4, -0.2) is 71.4 Å². The monoisotopic (exact) mass is 399 g/mol. The van der Waals surface area contributed by atoms with Crippen LogP contribution in [0.1, 0.15) is 31.1 Å². The summed E-state index contributed by atoms with van der Waals surface area (Å²) in [5.41, 5.74) is 1.32. The molecule has 0 bridgehead atoms. The Morgan fingerprint density at radius 1 is 1.10 bits per heavy atom. The third kappa shape index (κ3) is 4.24. The Hall–Kier alpha value is -2.54. The number of para-hydroxylation sites is 1. The van der Waals surface area contributed by atoms with Gasteiger partial charge >= 0.3 is 6.09 Å². The molecule has 0 radical (unpaired) electrons. The van der Waals surface area contributed by atoms with Gasteiger partial charge in [-0.2, -0.15) is 0 Å². The number of fused-ring (bicyclic) bond motifs is 1. The molecule has 7 heteroatoms. The second-order valence-corrected chi connectivity index (χ2v) is 8.87. The van der Waals surface area contributed by atoms with E-state index in [0.29, 0.717) is 45.3 Å². The van der Waals surface area contributed by atoms with E-state index in [1.807, 2.05) is 50.1 Å². The first-order chi connectivity index (χ1) is 13.8. The highest BCUT2D eigenvalue weighted by Crippen LogP contribution is 2.27. The van der Waals surface area contributed by atoms with Crippen LogP contribution >= 0.6 is 0 Å². The van der Waals surface area contributed by atoms with Crippen molar-refractivity contribution in [3.63, 3.8) is 0 Å². The molecule has 0 N–H and O–H groups in total. The second-order valence-electron chi connectivity index (χ2n) is 8.87. The van der Waals surface area contributed by atoms with Gasteiger partial charge in [0.05, 0.1) is 18.8 Å². The lowest BCUT2D eigenvalue weighted by atomic mass is 10.0. The maximum atomic E-state index is 13.1. The van der Waals surface area contributed by atoms with E-state index in [4.69, 9.17) is 9.47 Å². The molecule has 2 aromatic rings. The van der Waals surface area contributed by atoms with Crippen LogP contribution in [0.15, 0.2) is 30.5 Å². The number of carbonyl (C=O) groups is 2. The standard InChI is InChI=1S/C22H29N3O4/c1-22(2,3)29-21(27)25-13-16(14-25)12-24-15-18(17-6-4-5-7-19(17)24)20(26)23-8-10-28-11-9-23/h4-7,15-16H,8-14H2,1-3H3. The predicted octanol–water partition coefficient (Wildman–Crippen LogP) is 2.98. The summed E-state index contributed by atoms with van der Waals surface area (Å²) in [6.45, 7) is 10.2. The number of morpholine rings is 1. The van der Waals surface area contributed by atoms with Crippen LogP contribution in [0, 0.1) is 5.92 Å². The van der Waals surface area contributed by atoms with Crippen molar-refractivity contribution in [1.29, 1.82) is 0 Å². The fraction of sp³-hybridized carbons (Fsp3) is 0.545. The van der Waals surface area contributed by atoms with Crippen LogP contribution < -0.4 is 0 Å². The molecule has 0 aliphatic carbocycles. The Morgan fingerprint density at radius 3 is 2.48 bits per heavy atom. The molecule has 2 aliphatic rings. The zero-order valence-corrected chi connectivity index (χ0v) is 17.4. The largest absolute Gasteiger partial charge is 0.444 e. The highest BCUT2D eigenvalue weighted by molar-refractivity contribution is 6.07. The van der Waals surface area contributed by atoms with E-state index in [-0.39, 0.29) is 12.0 Å². The molecule has 2 fully saturated rings. The van der Waals surface area contributed by atoms with Crippen LogP contribution in [0.5, 0.6) is 0 Å². The van der Waals surface area contributed by atoms with Crippen molar-refractivity contribution in [2.45, 2.75) is 32.9 Å². The SMILES string of the molecule is CC(C)(C)OC(=O)N1CC(Cn2cc(C(=O)N3CCOCC3)c3ccccc32)C1. The molecule has 1 aromatic heterocycles. The molecule has 2 saturated heterocycles. The van der Waals surface area contributed by atoms with Crippen molar-refractivity contribution in [3.8, 4) is 0 Å². The quantitative estimate of drug-likeness (QED) is 0.796. The molecule has 3 heterocycles. The molecule has 1 aromatic carbocycles. The van der Waals surface area contributed by atoms with Gasteiger partial charge in [-0.05, 0) is 26.8 Å². The topological polar surface area (TPSA) is 64.0 Å². The second kappa shape index (κ2) is 7.71. The van der Waals surface area contributed by atoms with E-state index < -0.39 is 5.60 Å². The minimum Gasteiger partial charge on any atom is -0.444 e. The van der Waals surface area contributed by atoms with Gasteiger partial charge in [0.25, 0.3) is 5.91 Å². The maximum Gasteiger partial charge on any atom is 0.410 e. The molecule has 29 heavy (non-hydrogen) atoms. The Morgan fingerprint density at radius 2 is 1.79 bits per heavy atom. The highest BCUT2D eigenvalue weighted by Gasteiger charge is 2.34. The van der Waals surface area contributed by atoms with Crippen molar-refractivity contribution in [1.82, 2.24) is 14.4 Å². The molecular formula is C22H29N3O4. The maximum absolute atomic E-state index is 13.1. The van der Waals surface area contributed by atoms with Crippen molar-refractivity contribution in [3.05, 3.63) is 36.0 Å². The minimum absolute atomic E-state index is 0.0623. The van der Waals surface area contributed by atoms with Crippen LogP contribution in [0.4, 0.5) is 4.79 Å². The average Bonchev–Trinajstić information content (AvgIpc) is 3.01. The number of aromatic nitrogens is 1. The summed E-state index contributed by atoms with van der Waals surface area (Å²) in [7, 11) is 0. The lowest BCUT2D eigenvalue weighted by molar-refractivity contribution is -0.00316. The fourth-order valence-corrected chi connectivity index (χ4v) is 3.94. The molecule has 7 nitrogen and oxygen atoms in total. The summed E-state index contributed by atoms with van der Waals surface area (Å²) in [6, 6.07) is 8.02. The lowest BCUT2D eigenvalue weighted by Gasteiger charge is -2.40. The van der Waals surface area contributed by atoms with Crippen LogP contribution in [0.2, 0.25) is 0 Å². The summed E-state index contributed by atoms with van der Waals surface area (Å²) in [5.74, 6) is 0.414. The van der Waals surface area contributed by atoms with E-state index >= 15 is 0 Å². The zero-order valence-electron chi connectivity index (χ0n) is 17.4. The normalized spacial score (nSPS) is 18.0. The summed E-state index contributed by atoms with van der Waals surface area (Å²) in [6.07, 6.45) is 1.72. The number of carbonyl (C=O) groups excluding carboxylic acids is 2. The first-order valence-electron chi connectivity index (χ1n) is 10.2. The highest BCUT2D eigenvalue weighted by atomic mass is 16.6. The fourth-order valence-electron chi connectivity index (χ4n) is 3.94. The number of amides is 2. The van der Waals surface area contributed by atoms with Gasteiger partial charge in [0.2, 0.25) is 0 Å².